The van der Waals surface area contributed by atoms with Gasteiger partial charge in [-0.25, -0.2) is 9.78 Å². The van der Waals surface area contributed by atoms with Crippen LogP contribution in [0.2, 0.25) is 0 Å². The van der Waals surface area contributed by atoms with Crippen molar-refractivity contribution in [3.8, 4) is 0 Å². The average molecular weight is 190 g/mol. The van der Waals surface area contributed by atoms with Crippen LogP contribution >= 0.6 is 0 Å². The number of carbonyl (C=O) groups excluding carboxylic acids is 1. The van der Waals surface area contributed by atoms with Crippen LogP contribution in [0.3, 0.4) is 0 Å². The maximum atomic E-state index is 11.2. The maximum absolute atomic E-state index is 11.2. The van der Waals surface area contributed by atoms with Crippen molar-refractivity contribution >= 4 is 17.0 Å². The maximum Gasteiger partial charge on any atom is 0.337 e. The van der Waals surface area contributed by atoms with E-state index in [4.69, 9.17) is 0 Å². The average Bonchev–Trinajstić information content (AvgIpc) is 2.59. The summed E-state index contributed by atoms with van der Waals surface area (Å²) in [5.41, 5.74) is 2.34. The highest BCUT2D eigenvalue weighted by molar-refractivity contribution is 5.93. The first-order valence-electron chi connectivity index (χ1n) is 4.22. The molecule has 0 fully saturated rings. The third-order valence-corrected chi connectivity index (χ3v) is 2.15. The molecule has 14 heavy (non-hydrogen) atoms. The van der Waals surface area contributed by atoms with Crippen molar-refractivity contribution < 1.29 is 9.53 Å². The Morgan fingerprint density at radius 1 is 1.50 bits per heavy atom. The second-order valence-electron chi connectivity index (χ2n) is 3.05. The molecular weight excluding hydrogens is 180 g/mol. The van der Waals surface area contributed by atoms with E-state index in [-0.39, 0.29) is 5.97 Å². The molecular formula is C10H10N2O2. The molecule has 0 atom stereocenters. The molecule has 1 aromatic carbocycles. The minimum atomic E-state index is -0.326. The van der Waals surface area contributed by atoms with Crippen LogP contribution in [0.4, 0.5) is 0 Å². The molecule has 1 aromatic heterocycles. The first-order chi connectivity index (χ1) is 6.72. The summed E-state index contributed by atoms with van der Waals surface area (Å²) < 4.78 is 6.50. The Bertz CT molecular complexity index is 488. The molecule has 0 bridgehead atoms. The molecule has 0 radical (unpaired) electrons. The summed E-state index contributed by atoms with van der Waals surface area (Å²) in [4.78, 5) is 15.4. The predicted octanol–water partition coefficient (Wildman–Crippen LogP) is 1.36. The minimum Gasteiger partial charge on any atom is -0.465 e. The van der Waals surface area contributed by atoms with Crippen molar-refractivity contribution in [2.24, 2.45) is 7.05 Å². The van der Waals surface area contributed by atoms with Crippen LogP contribution in [0.1, 0.15) is 10.4 Å². The standard InChI is InChI=1S/C10H10N2O2/c1-12-6-11-8-4-3-7(5-9(8)12)10(13)14-2/h3-6H,1-2H3. The monoisotopic (exact) mass is 190 g/mol. The third kappa shape index (κ3) is 1.25. The lowest BCUT2D eigenvalue weighted by molar-refractivity contribution is 0.0601. The summed E-state index contributed by atoms with van der Waals surface area (Å²) in [5.74, 6) is -0.326. The van der Waals surface area contributed by atoms with Crippen molar-refractivity contribution in [1.29, 1.82) is 0 Å². The van der Waals surface area contributed by atoms with Gasteiger partial charge in [0.15, 0.2) is 0 Å². The highest BCUT2D eigenvalue weighted by Gasteiger charge is 2.07. The molecule has 2 aromatic rings. The summed E-state index contributed by atoms with van der Waals surface area (Å²) in [6.07, 6.45) is 1.71. The van der Waals surface area contributed by atoms with E-state index in [1.807, 2.05) is 17.7 Å². The number of carbonyl (C=O) groups is 1. The van der Waals surface area contributed by atoms with Crippen LogP contribution in [0.5, 0.6) is 0 Å². The van der Waals surface area contributed by atoms with E-state index in [0.29, 0.717) is 5.56 Å². The number of esters is 1. The number of rotatable bonds is 1. The molecule has 0 N–H and O–H groups in total. The first-order valence-corrected chi connectivity index (χ1v) is 4.22. The third-order valence-electron chi connectivity index (χ3n) is 2.15. The number of hydrogen-bond donors (Lipinski definition) is 0. The number of nitrogens with zero attached hydrogens (tertiary/aromatic N) is 2. The Balaban J connectivity index is 2.60. The zero-order valence-corrected chi connectivity index (χ0v) is 8.02. The molecule has 4 heteroatoms. The fourth-order valence-corrected chi connectivity index (χ4v) is 1.37. The smallest absolute Gasteiger partial charge is 0.337 e. The highest BCUT2D eigenvalue weighted by Crippen LogP contribution is 2.14. The number of aryl methyl sites for hydroxylation is 1. The van der Waals surface area contributed by atoms with Gasteiger partial charge in [0.05, 0.1) is 30.0 Å². The summed E-state index contributed by atoms with van der Waals surface area (Å²) in [5, 5.41) is 0. The van der Waals surface area contributed by atoms with E-state index >= 15 is 0 Å². The summed E-state index contributed by atoms with van der Waals surface area (Å²) in [6.45, 7) is 0. The van der Waals surface area contributed by atoms with Crippen molar-refractivity contribution in [3.63, 3.8) is 0 Å². The minimum absolute atomic E-state index is 0.326. The van der Waals surface area contributed by atoms with Gasteiger partial charge < -0.3 is 9.30 Å². The second-order valence-corrected chi connectivity index (χ2v) is 3.05. The Labute approximate surface area is 81.1 Å². The van der Waals surface area contributed by atoms with Crippen molar-refractivity contribution in [2.45, 2.75) is 0 Å². The quantitative estimate of drug-likeness (QED) is 0.638. The number of imidazole rings is 1. The molecule has 72 valence electrons. The summed E-state index contributed by atoms with van der Waals surface area (Å²) in [7, 11) is 3.26. The molecule has 0 aliphatic rings. The molecule has 0 saturated carbocycles. The summed E-state index contributed by atoms with van der Waals surface area (Å²) in [6, 6.07) is 5.29. The number of fused-ring (bicyclic) bond motifs is 1. The topological polar surface area (TPSA) is 44.1 Å². The highest BCUT2D eigenvalue weighted by atomic mass is 16.5. The first kappa shape index (κ1) is 8.74. The van der Waals surface area contributed by atoms with Crippen molar-refractivity contribution in [2.75, 3.05) is 7.11 Å². The molecule has 0 amide bonds. The fourth-order valence-electron chi connectivity index (χ4n) is 1.37. The zero-order valence-electron chi connectivity index (χ0n) is 8.02. The number of benzene rings is 1. The lowest BCUT2D eigenvalue weighted by atomic mass is 10.2. The Morgan fingerprint density at radius 2 is 2.29 bits per heavy atom. The number of ether oxygens (including phenoxy) is 1. The van der Waals surface area contributed by atoms with Gasteiger partial charge in [0, 0.05) is 7.05 Å². The molecule has 2 rings (SSSR count). The van der Waals surface area contributed by atoms with Gasteiger partial charge in [-0.2, -0.15) is 0 Å². The van der Waals surface area contributed by atoms with Crippen molar-refractivity contribution in [1.82, 2.24) is 9.55 Å². The second kappa shape index (κ2) is 3.14. The van der Waals surface area contributed by atoms with Gasteiger partial charge in [0.2, 0.25) is 0 Å². The van der Waals surface area contributed by atoms with Crippen LogP contribution in [0, 0.1) is 0 Å². The molecule has 1 heterocycles. The lowest BCUT2D eigenvalue weighted by Gasteiger charge is -1.99. The van der Waals surface area contributed by atoms with Crippen LogP contribution < -0.4 is 0 Å². The van der Waals surface area contributed by atoms with Crippen molar-refractivity contribution in [3.05, 3.63) is 30.1 Å². The lowest BCUT2D eigenvalue weighted by Crippen LogP contribution is -2.00. The van der Waals surface area contributed by atoms with Gasteiger partial charge in [-0.3, -0.25) is 0 Å². The zero-order chi connectivity index (χ0) is 10.1. The van der Waals surface area contributed by atoms with E-state index in [2.05, 4.69) is 9.72 Å². The SMILES string of the molecule is COC(=O)c1ccc2ncn(C)c2c1. The number of hydrogen-bond acceptors (Lipinski definition) is 3. The Hall–Kier alpha value is -1.84. The molecule has 0 aliphatic heterocycles. The van der Waals surface area contributed by atoms with E-state index in [0.717, 1.165) is 11.0 Å². The number of methoxy groups -OCH3 is 1. The van der Waals surface area contributed by atoms with E-state index in [1.54, 1.807) is 18.5 Å². The Kier molecular flexibility index (Phi) is 1.96. The fraction of sp³-hybridized carbons (Fsp3) is 0.200. The van der Waals surface area contributed by atoms with E-state index in [1.165, 1.54) is 7.11 Å². The van der Waals surface area contributed by atoms with Gasteiger partial charge in [-0.15, -0.1) is 0 Å². The van der Waals surface area contributed by atoms with Crippen LogP contribution in [-0.2, 0) is 11.8 Å². The Morgan fingerprint density at radius 3 is 3.00 bits per heavy atom. The van der Waals surface area contributed by atoms with Gasteiger partial charge in [0.1, 0.15) is 0 Å². The van der Waals surface area contributed by atoms with E-state index < -0.39 is 0 Å². The molecule has 4 nitrogen and oxygen atoms in total. The predicted molar refractivity (Wildman–Crippen MR) is 52.1 cm³/mol. The van der Waals surface area contributed by atoms with Gasteiger partial charge in [0.25, 0.3) is 0 Å². The molecule has 0 aliphatic carbocycles. The van der Waals surface area contributed by atoms with E-state index in [9.17, 15) is 4.79 Å². The molecule has 0 unspecified atom stereocenters. The molecule has 0 spiro atoms. The largest absolute Gasteiger partial charge is 0.465 e. The van der Waals surface area contributed by atoms with Gasteiger partial charge in [-0.05, 0) is 18.2 Å². The van der Waals surface area contributed by atoms with Crippen LogP contribution in [-0.4, -0.2) is 22.6 Å². The van der Waals surface area contributed by atoms with Crippen LogP contribution in [0.25, 0.3) is 11.0 Å². The normalized spacial score (nSPS) is 10.4. The van der Waals surface area contributed by atoms with Crippen LogP contribution in [0.15, 0.2) is 24.5 Å². The summed E-state index contributed by atoms with van der Waals surface area (Å²) >= 11 is 0. The molecule has 0 saturated heterocycles. The number of aromatic nitrogens is 2. The van der Waals surface area contributed by atoms with Gasteiger partial charge in [-0.1, -0.05) is 0 Å². The van der Waals surface area contributed by atoms with Gasteiger partial charge >= 0.3 is 5.97 Å².